The standard InChI is InChI=1S/C33H39N3O3/c1-2-39-33(38)20-29-16-27(18-30-13-14-32(37)36(30)23-26-11-7-4-8-12-26)15-28(17-29)19-31-21-34-24-35(31)22-25-9-5-3-6-10-25/h3-12,19,21,24,27,29-30H,2,13-18,20,22-23H2,1H3/b28-19-/t27-,29-,30-/m0/s1. The summed E-state index contributed by atoms with van der Waals surface area (Å²) in [6, 6.07) is 20.9. The maximum Gasteiger partial charge on any atom is 0.306 e. The maximum absolute atomic E-state index is 12.8. The van der Waals surface area contributed by atoms with Gasteiger partial charge < -0.3 is 14.2 Å². The molecule has 0 unspecified atom stereocenters. The van der Waals surface area contributed by atoms with Crippen LogP contribution in [0.4, 0.5) is 0 Å². The fourth-order valence-electron chi connectivity index (χ4n) is 6.36. The quantitative estimate of drug-likeness (QED) is 0.293. The molecule has 3 atom stereocenters. The van der Waals surface area contributed by atoms with Crippen molar-refractivity contribution < 1.29 is 14.3 Å². The molecule has 1 aromatic heterocycles. The molecule has 0 bridgehead atoms. The van der Waals surface area contributed by atoms with E-state index in [2.05, 4.69) is 56.9 Å². The number of allylic oxidation sites excluding steroid dienone is 1. The van der Waals surface area contributed by atoms with Crippen LogP contribution >= 0.6 is 0 Å². The van der Waals surface area contributed by atoms with E-state index in [0.29, 0.717) is 31.9 Å². The van der Waals surface area contributed by atoms with Crippen LogP contribution in [0.5, 0.6) is 0 Å². The lowest BCUT2D eigenvalue weighted by Crippen LogP contribution is -2.35. The molecule has 0 spiro atoms. The van der Waals surface area contributed by atoms with Crippen molar-refractivity contribution in [1.29, 1.82) is 0 Å². The Morgan fingerprint density at radius 2 is 1.69 bits per heavy atom. The molecule has 2 aromatic carbocycles. The first-order valence-corrected chi connectivity index (χ1v) is 14.3. The Kier molecular flexibility index (Phi) is 8.92. The van der Waals surface area contributed by atoms with Crippen molar-refractivity contribution in [2.75, 3.05) is 6.61 Å². The van der Waals surface area contributed by atoms with E-state index < -0.39 is 0 Å². The molecule has 6 nitrogen and oxygen atoms in total. The zero-order chi connectivity index (χ0) is 27.0. The summed E-state index contributed by atoms with van der Waals surface area (Å²) in [6.07, 6.45) is 11.9. The summed E-state index contributed by atoms with van der Waals surface area (Å²) in [5.74, 6) is 0.810. The van der Waals surface area contributed by atoms with Gasteiger partial charge in [0.25, 0.3) is 0 Å². The Morgan fingerprint density at radius 1 is 1.00 bits per heavy atom. The van der Waals surface area contributed by atoms with Gasteiger partial charge in [-0.1, -0.05) is 66.2 Å². The molecule has 1 amide bonds. The van der Waals surface area contributed by atoms with Crippen LogP contribution in [0.1, 0.15) is 68.7 Å². The second-order valence-electron chi connectivity index (χ2n) is 11.1. The summed E-state index contributed by atoms with van der Waals surface area (Å²) in [5.41, 5.74) is 4.86. The van der Waals surface area contributed by atoms with Gasteiger partial charge in [0.1, 0.15) is 0 Å². The van der Waals surface area contributed by atoms with E-state index in [1.807, 2.05) is 43.7 Å². The molecule has 3 aromatic rings. The summed E-state index contributed by atoms with van der Waals surface area (Å²) in [6.45, 7) is 3.72. The monoisotopic (exact) mass is 525 g/mol. The van der Waals surface area contributed by atoms with Crippen LogP contribution in [0, 0.1) is 11.8 Å². The molecule has 1 aliphatic carbocycles. The number of carbonyl (C=O) groups is 2. The van der Waals surface area contributed by atoms with Gasteiger partial charge in [0, 0.05) is 32.0 Å². The molecular weight excluding hydrogens is 486 g/mol. The third-order valence-electron chi connectivity index (χ3n) is 8.08. The number of esters is 1. The van der Waals surface area contributed by atoms with Gasteiger partial charge in [0.15, 0.2) is 0 Å². The summed E-state index contributed by atoms with van der Waals surface area (Å²) in [4.78, 5) is 31.8. The van der Waals surface area contributed by atoms with Gasteiger partial charge >= 0.3 is 5.97 Å². The lowest BCUT2D eigenvalue weighted by molar-refractivity contribution is -0.144. The molecular formula is C33H39N3O3. The summed E-state index contributed by atoms with van der Waals surface area (Å²) >= 11 is 0. The Bertz CT molecular complexity index is 1270. The predicted molar refractivity (Wildman–Crippen MR) is 152 cm³/mol. The smallest absolute Gasteiger partial charge is 0.306 e. The molecule has 1 aliphatic heterocycles. The number of aromatic nitrogens is 2. The van der Waals surface area contributed by atoms with E-state index in [1.54, 1.807) is 0 Å². The minimum Gasteiger partial charge on any atom is -0.466 e. The fraction of sp³-hybridized carbons (Fsp3) is 0.424. The van der Waals surface area contributed by atoms with Crippen LogP contribution < -0.4 is 0 Å². The van der Waals surface area contributed by atoms with Crippen molar-refractivity contribution in [1.82, 2.24) is 14.5 Å². The van der Waals surface area contributed by atoms with E-state index >= 15 is 0 Å². The van der Waals surface area contributed by atoms with Crippen molar-refractivity contribution in [2.45, 2.75) is 71.0 Å². The van der Waals surface area contributed by atoms with Crippen LogP contribution in [0.25, 0.3) is 6.08 Å². The Labute approximate surface area is 231 Å². The number of hydrogen-bond donors (Lipinski definition) is 0. The molecule has 6 heteroatoms. The third-order valence-corrected chi connectivity index (χ3v) is 8.08. The van der Waals surface area contributed by atoms with Crippen LogP contribution in [0.15, 0.2) is 78.8 Å². The number of rotatable bonds is 10. The van der Waals surface area contributed by atoms with Gasteiger partial charge in [-0.05, 0) is 68.1 Å². The zero-order valence-corrected chi connectivity index (χ0v) is 22.9. The highest BCUT2D eigenvalue weighted by Gasteiger charge is 2.35. The number of imidazole rings is 1. The second-order valence-corrected chi connectivity index (χ2v) is 11.1. The third kappa shape index (κ3) is 7.25. The highest BCUT2D eigenvalue weighted by atomic mass is 16.5. The second kappa shape index (κ2) is 12.9. The predicted octanol–water partition coefficient (Wildman–Crippen LogP) is 6.27. The van der Waals surface area contributed by atoms with Gasteiger partial charge in [-0.2, -0.15) is 0 Å². The molecule has 2 fully saturated rings. The molecule has 1 saturated carbocycles. The number of likely N-dealkylation sites (tertiary alicyclic amines) is 1. The van der Waals surface area contributed by atoms with Gasteiger partial charge in [0.2, 0.25) is 5.91 Å². The van der Waals surface area contributed by atoms with Crippen molar-refractivity contribution in [3.05, 3.63) is 95.6 Å². The number of benzene rings is 2. The fourth-order valence-corrected chi connectivity index (χ4v) is 6.36. The van der Waals surface area contributed by atoms with Crippen LogP contribution in [0.3, 0.4) is 0 Å². The van der Waals surface area contributed by atoms with E-state index in [0.717, 1.165) is 44.3 Å². The first-order chi connectivity index (χ1) is 19.1. The van der Waals surface area contributed by atoms with Gasteiger partial charge in [-0.3, -0.25) is 9.59 Å². The minimum absolute atomic E-state index is 0.113. The van der Waals surface area contributed by atoms with Crippen molar-refractivity contribution in [3.8, 4) is 0 Å². The molecule has 0 radical (unpaired) electrons. The summed E-state index contributed by atoms with van der Waals surface area (Å²) < 4.78 is 7.50. The number of hydrogen-bond acceptors (Lipinski definition) is 4. The molecule has 39 heavy (non-hydrogen) atoms. The first-order valence-electron chi connectivity index (χ1n) is 14.3. The van der Waals surface area contributed by atoms with Crippen molar-refractivity contribution in [2.24, 2.45) is 11.8 Å². The molecule has 1 saturated heterocycles. The largest absolute Gasteiger partial charge is 0.466 e. The van der Waals surface area contributed by atoms with E-state index in [1.165, 1.54) is 16.7 Å². The van der Waals surface area contributed by atoms with Crippen LogP contribution in [0.2, 0.25) is 0 Å². The lowest BCUT2D eigenvalue weighted by atomic mass is 9.74. The van der Waals surface area contributed by atoms with Crippen LogP contribution in [-0.2, 0) is 27.4 Å². The zero-order valence-electron chi connectivity index (χ0n) is 22.9. The molecule has 204 valence electrons. The molecule has 5 rings (SSSR count). The van der Waals surface area contributed by atoms with E-state index in [4.69, 9.17) is 4.74 Å². The first kappa shape index (κ1) is 26.9. The normalized spacial score (nSPS) is 22.4. The number of nitrogens with zero attached hydrogens (tertiary/aromatic N) is 3. The number of carbonyl (C=O) groups excluding carboxylic acids is 2. The van der Waals surface area contributed by atoms with Gasteiger partial charge in [0.05, 0.1) is 24.8 Å². The van der Waals surface area contributed by atoms with Gasteiger partial charge in [-0.15, -0.1) is 0 Å². The average Bonchev–Trinajstić information content (AvgIpc) is 3.51. The maximum atomic E-state index is 12.8. The molecule has 2 heterocycles. The Hall–Kier alpha value is -3.67. The van der Waals surface area contributed by atoms with Crippen LogP contribution in [-0.4, -0.2) is 39.0 Å². The molecule has 2 aliphatic rings. The van der Waals surface area contributed by atoms with E-state index in [-0.39, 0.29) is 23.8 Å². The topological polar surface area (TPSA) is 64.4 Å². The Balaban J connectivity index is 1.32. The highest BCUT2D eigenvalue weighted by molar-refractivity contribution is 5.78. The number of ether oxygens (including phenoxy) is 1. The summed E-state index contributed by atoms with van der Waals surface area (Å²) in [5, 5.41) is 0. The number of amides is 1. The van der Waals surface area contributed by atoms with Gasteiger partial charge in [-0.25, -0.2) is 4.98 Å². The highest BCUT2D eigenvalue weighted by Crippen LogP contribution is 2.40. The lowest BCUT2D eigenvalue weighted by Gasteiger charge is -2.34. The Morgan fingerprint density at radius 3 is 2.41 bits per heavy atom. The molecule has 0 N–H and O–H groups in total. The average molecular weight is 526 g/mol. The SMILES string of the molecule is CCOC(=O)C[C@@H]1C/C(=C\c2cncn2Cc2ccccc2)C[C@H](C[C@@H]2CCC(=O)N2Cc2ccccc2)C1. The summed E-state index contributed by atoms with van der Waals surface area (Å²) in [7, 11) is 0. The van der Waals surface area contributed by atoms with E-state index in [9.17, 15) is 9.59 Å². The van der Waals surface area contributed by atoms with Crippen molar-refractivity contribution >= 4 is 18.0 Å². The minimum atomic E-state index is -0.113. The van der Waals surface area contributed by atoms with Crippen molar-refractivity contribution in [3.63, 3.8) is 0 Å².